The Morgan fingerprint density at radius 2 is 1.31 bits per heavy atom. The Morgan fingerprint density at radius 3 is 2.03 bits per heavy atom. The number of hydrogen-bond donors (Lipinski definition) is 0. The molecule has 10 rings (SSSR count). The van der Waals surface area contributed by atoms with Gasteiger partial charge in [-0.1, -0.05) is 184 Å². The van der Waals surface area contributed by atoms with E-state index in [2.05, 4.69) is 78.2 Å². The summed E-state index contributed by atoms with van der Waals surface area (Å²) in [6.45, 7) is 20.9. The Hall–Kier alpha value is -6.55. The van der Waals surface area contributed by atoms with Crippen LogP contribution in [-0.2, 0) is 31.9 Å². The second-order valence-electron chi connectivity index (χ2n) is 20.2. The molecule has 1 unspecified atom stereocenters. The van der Waals surface area contributed by atoms with Crippen LogP contribution in [-0.4, -0.2) is 14.1 Å². The minimum absolute atomic E-state index is 0. The molecule has 0 N–H and O–H groups in total. The van der Waals surface area contributed by atoms with Gasteiger partial charge in [0.15, 0.2) is 0 Å². The summed E-state index contributed by atoms with van der Waals surface area (Å²) in [5.74, 6) is -0.115. The second-order valence-corrected chi connectivity index (χ2v) is 20.2. The normalized spacial score (nSPS) is 15.2. The first-order valence-corrected chi connectivity index (χ1v) is 22.6. The number of fused-ring (bicyclic) bond motifs is 4. The van der Waals surface area contributed by atoms with E-state index in [0.717, 1.165) is 27.8 Å². The van der Waals surface area contributed by atoms with Crippen molar-refractivity contribution >= 4 is 32.8 Å². The van der Waals surface area contributed by atoms with Gasteiger partial charge in [0.1, 0.15) is 5.82 Å². The van der Waals surface area contributed by atoms with Gasteiger partial charge in [-0.25, -0.2) is 4.98 Å². The summed E-state index contributed by atoms with van der Waals surface area (Å²) in [4.78, 5) is 4.71. The number of ether oxygens (including phenoxy) is 1. The first-order valence-electron chi connectivity index (χ1n) is 27.6. The van der Waals surface area contributed by atoms with E-state index < -0.39 is 29.4 Å². The molecule has 0 amide bonds. The third-order valence-corrected chi connectivity index (χ3v) is 12.6. The van der Waals surface area contributed by atoms with Crippen molar-refractivity contribution in [3.8, 4) is 50.9 Å². The smallest absolute Gasteiger partial charge is 0.268 e. The van der Waals surface area contributed by atoms with Crippen LogP contribution in [0, 0.1) is 23.9 Å². The minimum atomic E-state index is -1.05. The van der Waals surface area contributed by atoms with E-state index >= 15 is 0 Å². The molecule has 0 aliphatic heterocycles. The Labute approximate surface area is 430 Å². The molecule has 3 heterocycles. The summed E-state index contributed by atoms with van der Waals surface area (Å²) in [5, 5.41) is 0.810. The Balaban J connectivity index is 0.00000740. The number of aromatic nitrogens is 4. The zero-order valence-electron chi connectivity index (χ0n) is 49.9. The van der Waals surface area contributed by atoms with Crippen LogP contribution in [0.25, 0.3) is 72.3 Å². The molecule has 0 fully saturated rings. The van der Waals surface area contributed by atoms with Crippen molar-refractivity contribution in [3.05, 3.63) is 199 Å². The average molecular weight is 1080 g/mol. The van der Waals surface area contributed by atoms with Crippen LogP contribution in [0.5, 0.6) is 11.5 Å². The number of pyridine rings is 1. The van der Waals surface area contributed by atoms with Gasteiger partial charge in [-0.15, -0.1) is 29.7 Å². The van der Waals surface area contributed by atoms with Crippen LogP contribution >= 0.6 is 0 Å². The van der Waals surface area contributed by atoms with E-state index in [0.29, 0.717) is 55.9 Å². The molecular weight excluding hydrogens is 1010 g/mol. The molecule has 0 bridgehead atoms. The van der Waals surface area contributed by atoms with Gasteiger partial charge in [-0.05, 0) is 90.3 Å². The van der Waals surface area contributed by atoms with Crippen LogP contribution < -0.4 is 9.30 Å². The summed E-state index contributed by atoms with van der Waals surface area (Å²) in [5.41, 5.74) is 7.28. The van der Waals surface area contributed by atoms with Crippen molar-refractivity contribution in [2.75, 3.05) is 0 Å². The van der Waals surface area contributed by atoms with Crippen LogP contribution in [0.1, 0.15) is 106 Å². The van der Waals surface area contributed by atoms with Crippen molar-refractivity contribution in [2.45, 2.75) is 86.0 Å². The standard InChI is InChI=1S/C62H58N4O.Pt/c1-41(60(2,3)4)43-32-33-63-58(36-43)66-54-27-15-14-24-52(54)53-31-30-49(39-57(53)66)67-48-23-18-22-47(38-48)64-40-65(56-29-17-16-28-55(56)64)59-50(42-20-12-11-13-21-42)25-19-26-51(59)44-34-45(61(5,6)7)37-46(35-44)62(8,9)10;/h11-37,41H,1-10H3;/q-2;/i11D,12D,13D,14D,15D,20D,21D,24D,27D,41D;. The van der Waals surface area contributed by atoms with E-state index in [1.807, 2.05) is 85.4 Å². The van der Waals surface area contributed by atoms with Gasteiger partial charge in [-0.3, -0.25) is 4.57 Å². The largest absolute Gasteiger partial charge is 0.510 e. The molecule has 6 heteroatoms. The van der Waals surface area contributed by atoms with E-state index in [1.54, 1.807) is 47.2 Å². The molecule has 0 saturated carbocycles. The fraction of sp³-hybridized carbons (Fsp3) is 0.226. The predicted octanol–water partition coefficient (Wildman–Crippen LogP) is 15.7. The maximum atomic E-state index is 9.38. The van der Waals surface area contributed by atoms with Crippen molar-refractivity contribution in [3.63, 3.8) is 0 Å². The minimum Gasteiger partial charge on any atom is -0.510 e. The van der Waals surface area contributed by atoms with Gasteiger partial charge < -0.3 is 13.9 Å². The number of benzene rings is 7. The van der Waals surface area contributed by atoms with Crippen LogP contribution in [0.3, 0.4) is 0 Å². The van der Waals surface area contributed by atoms with Crippen molar-refractivity contribution in [2.24, 2.45) is 5.41 Å². The fourth-order valence-electron chi connectivity index (χ4n) is 8.52. The number of hydrogen-bond acceptors (Lipinski definition) is 2. The van der Waals surface area contributed by atoms with Crippen LogP contribution in [0.2, 0.25) is 0 Å². The molecule has 1 atom stereocenters. The molecular formula is C62H58N4OPt-2. The van der Waals surface area contributed by atoms with Gasteiger partial charge in [0.2, 0.25) is 0 Å². The summed E-state index contributed by atoms with van der Waals surface area (Å²) >= 11 is 0. The average Bonchev–Trinajstić information content (AvgIpc) is 4.17. The molecule has 10 aromatic rings. The Bertz CT molecular complexity index is 4010. The topological polar surface area (TPSA) is 35.9 Å². The first-order chi connectivity index (χ1) is 36.1. The third kappa shape index (κ3) is 8.74. The molecule has 3 aromatic heterocycles. The molecule has 0 saturated heterocycles. The second kappa shape index (κ2) is 17.8. The fourth-order valence-corrected chi connectivity index (χ4v) is 8.52. The molecule has 7 aromatic carbocycles. The maximum absolute atomic E-state index is 9.38. The zero-order valence-corrected chi connectivity index (χ0v) is 42.2. The molecule has 0 aliphatic rings. The van der Waals surface area contributed by atoms with E-state index in [1.165, 1.54) is 0 Å². The SMILES string of the molecule is [2H]c1c([2H])c([2H])c(-c2cccc(-c3cc(C(C)(C)C)cc(C(C)(C)C)c3)c2-[n+]2[c-]n(-c3[c-]c(Oc4[c-]c5c(cc4)c4c([2H])c([2H])c([2H])c([2H])c4n5-c4cc(C([2H])(C)C(C)(C)C)ccn4)ccc3)c3ccccc32)c([2H])c1[2H].[Pt]. The van der Waals surface area contributed by atoms with Crippen molar-refractivity contribution < 1.29 is 44.1 Å². The van der Waals surface area contributed by atoms with Gasteiger partial charge >= 0.3 is 0 Å². The summed E-state index contributed by atoms with van der Waals surface area (Å²) < 4.78 is 101. The van der Waals surface area contributed by atoms with Crippen molar-refractivity contribution in [1.29, 1.82) is 0 Å². The molecule has 344 valence electrons. The zero-order chi connectivity index (χ0) is 55.6. The van der Waals surface area contributed by atoms with Crippen LogP contribution in [0.15, 0.2) is 164 Å². The van der Waals surface area contributed by atoms with Crippen LogP contribution in [0.4, 0.5) is 0 Å². The molecule has 0 radical (unpaired) electrons. The molecule has 0 aliphatic carbocycles. The number of rotatable bonds is 8. The van der Waals surface area contributed by atoms with Gasteiger partial charge in [0.25, 0.3) is 6.33 Å². The number of para-hydroxylation sites is 4. The van der Waals surface area contributed by atoms with E-state index in [4.69, 9.17) is 19.3 Å². The Kier molecular flexibility index (Phi) is 9.33. The quantitative estimate of drug-likeness (QED) is 0.112. The van der Waals surface area contributed by atoms with Gasteiger partial charge in [0, 0.05) is 45.6 Å². The summed E-state index contributed by atoms with van der Waals surface area (Å²) in [7, 11) is 0. The predicted molar refractivity (Wildman–Crippen MR) is 276 cm³/mol. The summed E-state index contributed by atoms with van der Waals surface area (Å²) in [6, 6.07) is 36.1. The summed E-state index contributed by atoms with van der Waals surface area (Å²) in [6.07, 6.45) is 5.22. The van der Waals surface area contributed by atoms with Gasteiger partial charge in [-0.2, -0.15) is 18.2 Å². The molecule has 0 spiro atoms. The number of nitrogens with zero attached hydrogens (tertiary/aromatic N) is 4. The van der Waals surface area contributed by atoms with Crippen molar-refractivity contribution in [1.82, 2.24) is 14.1 Å². The molecule has 5 nitrogen and oxygen atoms in total. The monoisotopic (exact) mass is 1080 g/mol. The molecule has 68 heavy (non-hydrogen) atoms. The Morgan fingerprint density at radius 1 is 0.647 bits per heavy atom. The van der Waals surface area contributed by atoms with E-state index in [9.17, 15) is 4.11 Å². The first kappa shape index (κ1) is 35.6. The maximum Gasteiger partial charge on any atom is 0.268 e. The van der Waals surface area contributed by atoms with Gasteiger partial charge in [0.05, 0.1) is 29.1 Å². The third-order valence-electron chi connectivity index (χ3n) is 12.6. The van der Waals surface area contributed by atoms with E-state index in [-0.39, 0.29) is 85.0 Å². The number of imidazole rings is 1.